The smallest absolute Gasteiger partial charge is 0.373 e. The molecular formula is C23H27N5O3. The molecule has 2 heterocycles. The Morgan fingerprint density at radius 1 is 1.13 bits per heavy atom. The normalized spacial score (nSPS) is 17.9. The van der Waals surface area contributed by atoms with E-state index in [0.29, 0.717) is 12.0 Å². The molecule has 4 rings (SSSR count). The van der Waals surface area contributed by atoms with Crippen molar-refractivity contribution in [2.75, 3.05) is 11.1 Å². The topological polar surface area (TPSA) is 120 Å². The van der Waals surface area contributed by atoms with Gasteiger partial charge in [-0.25, -0.2) is 9.97 Å². The molecule has 3 N–H and O–H groups in total. The fourth-order valence-electron chi connectivity index (χ4n) is 4.08. The van der Waals surface area contributed by atoms with Gasteiger partial charge < -0.3 is 15.8 Å². The predicted molar refractivity (Wildman–Crippen MR) is 118 cm³/mol. The van der Waals surface area contributed by atoms with Crippen LogP contribution in [0.3, 0.4) is 0 Å². The van der Waals surface area contributed by atoms with Crippen molar-refractivity contribution in [3.05, 3.63) is 47.9 Å². The lowest BCUT2D eigenvalue weighted by Gasteiger charge is -2.30. The first-order valence-electron chi connectivity index (χ1n) is 10.4. The quantitative estimate of drug-likeness (QED) is 0.640. The Balaban J connectivity index is 0.000000858. The van der Waals surface area contributed by atoms with Crippen LogP contribution in [0, 0.1) is 6.92 Å². The highest BCUT2D eigenvalue weighted by Crippen LogP contribution is 2.35. The van der Waals surface area contributed by atoms with Gasteiger partial charge in [0.05, 0.1) is 17.0 Å². The van der Waals surface area contributed by atoms with Crippen molar-refractivity contribution in [3.8, 4) is 5.75 Å². The van der Waals surface area contributed by atoms with E-state index in [1.807, 2.05) is 31.2 Å². The summed E-state index contributed by atoms with van der Waals surface area (Å²) in [7, 11) is 0. The molecule has 1 saturated carbocycles. The third-order valence-electron chi connectivity index (χ3n) is 5.54. The minimum atomic E-state index is 0.186. The molecule has 3 aromatic rings. The lowest BCUT2D eigenvalue weighted by atomic mass is 9.93. The summed E-state index contributed by atoms with van der Waals surface area (Å²) in [6, 6.07) is 8.22. The highest BCUT2D eigenvalue weighted by molar-refractivity contribution is 5.97. The van der Waals surface area contributed by atoms with Crippen LogP contribution in [0.25, 0.3) is 10.9 Å². The summed E-state index contributed by atoms with van der Waals surface area (Å²) in [5.74, 6) is 1.54. The summed E-state index contributed by atoms with van der Waals surface area (Å²) in [5, 5.41) is 4.36. The summed E-state index contributed by atoms with van der Waals surface area (Å²) >= 11 is 0. The van der Waals surface area contributed by atoms with Crippen LogP contribution in [0.4, 0.5) is 11.6 Å². The molecule has 8 heteroatoms. The van der Waals surface area contributed by atoms with Crippen LogP contribution in [0.15, 0.2) is 36.7 Å². The van der Waals surface area contributed by atoms with Crippen molar-refractivity contribution in [2.45, 2.75) is 58.1 Å². The van der Waals surface area contributed by atoms with Crippen LogP contribution in [-0.4, -0.2) is 33.2 Å². The molecule has 0 saturated heterocycles. The molecule has 1 fully saturated rings. The number of ether oxygens (including phenoxy) is 1. The van der Waals surface area contributed by atoms with Crippen LogP contribution in [0.2, 0.25) is 0 Å². The highest BCUT2D eigenvalue weighted by atomic mass is 16.5. The number of pyridine rings is 1. The van der Waals surface area contributed by atoms with Crippen LogP contribution >= 0.6 is 0 Å². The molecule has 8 nitrogen and oxygen atoms in total. The SMILES string of the molecule is CCc1c(C)nc2cccc(OC3CCC(Nc4ncccn4)CC3)c2c1N.O=C=O. The van der Waals surface area contributed by atoms with Crippen molar-refractivity contribution in [1.82, 2.24) is 15.0 Å². The monoisotopic (exact) mass is 421 g/mol. The lowest BCUT2D eigenvalue weighted by Crippen LogP contribution is -2.31. The second-order valence-corrected chi connectivity index (χ2v) is 7.48. The predicted octanol–water partition coefficient (Wildman–Crippen LogP) is 3.70. The van der Waals surface area contributed by atoms with Crippen LogP contribution in [0.5, 0.6) is 5.75 Å². The number of nitrogens with two attached hydrogens (primary N) is 1. The number of aryl methyl sites for hydroxylation is 1. The first-order valence-corrected chi connectivity index (χ1v) is 10.4. The average molecular weight is 422 g/mol. The van der Waals surface area contributed by atoms with Gasteiger partial charge in [0.15, 0.2) is 0 Å². The Labute approximate surface area is 181 Å². The third-order valence-corrected chi connectivity index (χ3v) is 5.54. The van der Waals surface area contributed by atoms with Gasteiger partial charge in [-0.2, -0.15) is 9.59 Å². The Bertz CT molecular complexity index is 1040. The van der Waals surface area contributed by atoms with E-state index < -0.39 is 0 Å². The number of rotatable bonds is 5. The zero-order valence-corrected chi connectivity index (χ0v) is 17.8. The first kappa shape index (κ1) is 22.2. The van der Waals surface area contributed by atoms with Crippen molar-refractivity contribution in [2.24, 2.45) is 0 Å². The molecule has 1 aliphatic carbocycles. The van der Waals surface area contributed by atoms with E-state index >= 15 is 0 Å². The number of carbonyl (C=O) groups excluding carboxylic acids is 2. The van der Waals surface area contributed by atoms with E-state index in [2.05, 4.69) is 22.2 Å². The number of hydrogen-bond donors (Lipinski definition) is 2. The molecule has 2 aromatic heterocycles. The average Bonchev–Trinajstić information content (AvgIpc) is 2.76. The largest absolute Gasteiger partial charge is 0.490 e. The maximum absolute atomic E-state index is 8.12. The van der Waals surface area contributed by atoms with Crippen molar-refractivity contribution >= 4 is 28.7 Å². The summed E-state index contributed by atoms with van der Waals surface area (Å²) in [6.07, 6.45) is 8.85. The molecule has 0 amide bonds. The zero-order chi connectivity index (χ0) is 22.2. The number of fused-ring (bicyclic) bond motifs is 1. The van der Waals surface area contributed by atoms with E-state index in [1.165, 1.54) is 0 Å². The molecule has 0 spiro atoms. The van der Waals surface area contributed by atoms with Crippen molar-refractivity contribution in [3.63, 3.8) is 0 Å². The van der Waals surface area contributed by atoms with Gasteiger partial charge in [-0.3, -0.25) is 4.98 Å². The molecule has 0 atom stereocenters. The van der Waals surface area contributed by atoms with Crippen LogP contribution < -0.4 is 15.8 Å². The number of aromatic nitrogens is 3. The molecular weight excluding hydrogens is 394 g/mol. The molecule has 0 unspecified atom stereocenters. The minimum Gasteiger partial charge on any atom is -0.490 e. The Morgan fingerprint density at radius 2 is 1.81 bits per heavy atom. The van der Waals surface area contributed by atoms with Crippen LogP contribution in [0.1, 0.15) is 43.9 Å². The summed E-state index contributed by atoms with van der Waals surface area (Å²) in [6.45, 7) is 4.13. The van der Waals surface area contributed by atoms with E-state index in [-0.39, 0.29) is 12.3 Å². The fraction of sp³-hybridized carbons (Fsp3) is 0.391. The molecule has 0 aliphatic heterocycles. The summed E-state index contributed by atoms with van der Waals surface area (Å²) < 4.78 is 6.41. The van der Waals surface area contributed by atoms with Crippen molar-refractivity contribution < 1.29 is 14.3 Å². The van der Waals surface area contributed by atoms with Crippen molar-refractivity contribution in [1.29, 1.82) is 0 Å². The Kier molecular flexibility index (Phi) is 7.51. The number of hydrogen-bond acceptors (Lipinski definition) is 8. The van der Waals surface area contributed by atoms with Gasteiger partial charge in [-0.1, -0.05) is 13.0 Å². The second-order valence-electron chi connectivity index (χ2n) is 7.48. The number of nitrogen functional groups attached to an aromatic ring is 1. The van der Waals surface area contributed by atoms with Gasteiger partial charge in [-0.05, 0) is 62.8 Å². The van der Waals surface area contributed by atoms with Gasteiger partial charge in [0, 0.05) is 29.8 Å². The number of benzene rings is 1. The Morgan fingerprint density at radius 3 is 2.45 bits per heavy atom. The minimum absolute atomic E-state index is 0.186. The lowest BCUT2D eigenvalue weighted by molar-refractivity contribution is -0.191. The highest BCUT2D eigenvalue weighted by Gasteiger charge is 2.24. The maximum Gasteiger partial charge on any atom is 0.373 e. The summed E-state index contributed by atoms with van der Waals surface area (Å²) in [5.41, 5.74) is 10.3. The second kappa shape index (κ2) is 10.5. The Hall–Kier alpha value is -3.51. The fourth-order valence-corrected chi connectivity index (χ4v) is 4.08. The van der Waals surface area contributed by atoms with E-state index in [9.17, 15) is 0 Å². The molecule has 1 aromatic carbocycles. The number of nitrogens with zero attached hydrogens (tertiary/aromatic N) is 3. The van der Waals surface area contributed by atoms with Gasteiger partial charge in [0.1, 0.15) is 5.75 Å². The van der Waals surface area contributed by atoms with Gasteiger partial charge in [0.25, 0.3) is 0 Å². The summed E-state index contributed by atoms with van der Waals surface area (Å²) in [4.78, 5) is 29.5. The van der Waals surface area contributed by atoms with Crippen LogP contribution in [-0.2, 0) is 16.0 Å². The first-order chi connectivity index (χ1) is 15.1. The zero-order valence-electron chi connectivity index (χ0n) is 17.8. The molecule has 0 radical (unpaired) electrons. The molecule has 162 valence electrons. The van der Waals surface area contributed by atoms with E-state index in [0.717, 1.165) is 65.7 Å². The molecule has 31 heavy (non-hydrogen) atoms. The van der Waals surface area contributed by atoms with Gasteiger partial charge >= 0.3 is 6.15 Å². The number of anilines is 2. The molecule has 1 aliphatic rings. The van der Waals surface area contributed by atoms with Gasteiger partial charge in [-0.15, -0.1) is 0 Å². The number of nitrogens with one attached hydrogen (secondary N) is 1. The third kappa shape index (κ3) is 5.35. The van der Waals surface area contributed by atoms with Gasteiger partial charge in [0.2, 0.25) is 5.95 Å². The maximum atomic E-state index is 8.12. The van der Waals surface area contributed by atoms with E-state index in [1.54, 1.807) is 12.4 Å². The molecule has 0 bridgehead atoms. The standard InChI is InChI=1S/C22H27N5O.CO2/c1-3-17-14(2)26-18-6-4-7-19(20(18)21(17)23)28-16-10-8-15(9-11-16)27-22-24-12-5-13-25-22;2-1-3/h4-7,12-13,15-16H,3,8-11H2,1-2H3,(H2,23,26)(H,24,25,27);. The van der Waals surface area contributed by atoms with E-state index in [4.69, 9.17) is 25.0 Å².